The molecule has 0 radical (unpaired) electrons. The minimum Gasteiger partial charge on any atom is -0.368 e. The van der Waals surface area contributed by atoms with Crippen molar-refractivity contribution in [3.05, 3.63) is 78.0 Å². The SMILES string of the molecule is Cc1cccc(N2CCN(c3cnc(C(=O)NCc4cccnc4)cn3)CC2)c1. The zero-order valence-corrected chi connectivity index (χ0v) is 16.5. The molecule has 7 heteroatoms. The number of rotatable bonds is 5. The standard InChI is InChI=1S/C22H24N6O/c1-17-4-2-6-19(12-17)27-8-10-28(11-9-27)21-16-24-20(15-25-21)22(29)26-14-18-5-3-7-23-13-18/h2-7,12-13,15-16H,8-11,14H2,1H3,(H,26,29). The number of aryl methyl sites for hydroxylation is 1. The predicted octanol–water partition coefficient (Wildman–Crippen LogP) is 2.44. The summed E-state index contributed by atoms with van der Waals surface area (Å²) in [4.78, 5) is 29.7. The van der Waals surface area contributed by atoms with E-state index in [1.165, 1.54) is 11.3 Å². The van der Waals surface area contributed by atoms with E-state index < -0.39 is 0 Å². The van der Waals surface area contributed by atoms with Gasteiger partial charge in [0.1, 0.15) is 11.5 Å². The van der Waals surface area contributed by atoms with E-state index in [2.05, 4.69) is 61.3 Å². The quantitative estimate of drug-likeness (QED) is 0.724. The van der Waals surface area contributed by atoms with Crippen LogP contribution in [-0.4, -0.2) is 47.0 Å². The molecule has 3 aromatic rings. The van der Waals surface area contributed by atoms with E-state index in [1.54, 1.807) is 24.8 Å². The molecule has 4 rings (SSSR count). The lowest BCUT2D eigenvalue weighted by Gasteiger charge is -2.36. The van der Waals surface area contributed by atoms with Gasteiger partial charge in [-0.05, 0) is 36.2 Å². The maximum Gasteiger partial charge on any atom is 0.271 e. The van der Waals surface area contributed by atoms with Crippen LogP contribution in [0.4, 0.5) is 11.5 Å². The van der Waals surface area contributed by atoms with Gasteiger partial charge in [0.05, 0.1) is 12.4 Å². The summed E-state index contributed by atoms with van der Waals surface area (Å²) in [5.41, 5.74) is 3.79. The van der Waals surface area contributed by atoms with Gasteiger partial charge in [-0.2, -0.15) is 0 Å². The van der Waals surface area contributed by atoms with Crippen LogP contribution in [-0.2, 0) is 6.54 Å². The Morgan fingerprint density at radius 1 is 1.00 bits per heavy atom. The zero-order valence-electron chi connectivity index (χ0n) is 16.5. The summed E-state index contributed by atoms with van der Waals surface area (Å²) in [6.45, 7) is 6.13. The first-order valence-electron chi connectivity index (χ1n) is 9.75. The lowest BCUT2D eigenvalue weighted by Crippen LogP contribution is -2.46. The van der Waals surface area contributed by atoms with Crippen LogP contribution in [0.2, 0.25) is 0 Å². The molecule has 0 atom stereocenters. The number of hydrogen-bond acceptors (Lipinski definition) is 6. The molecule has 1 aromatic carbocycles. The fraction of sp³-hybridized carbons (Fsp3) is 0.273. The number of nitrogens with one attached hydrogen (secondary N) is 1. The van der Waals surface area contributed by atoms with Crippen LogP contribution in [0, 0.1) is 6.92 Å². The second-order valence-electron chi connectivity index (χ2n) is 7.12. The Balaban J connectivity index is 1.32. The average molecular weight is 388 g/mol. The van der Waals surface area contributed by atoms with Gasteiger partial charge < -0.3 is 15.1 Å². The fourth-order valence-electron chi connectivity index (χ4n) is 3.40. The van der Waals surface area contributed by atoms with E-state index in [-0.39, 0.29) is 5.91 Å². The molecule has 0 saturated carbocycles. The van der Waals surface area contributed by atoms with E-state index in [9.17, 15) is 4.79 Å². The van der Waals surface area contributed by atoms with Crippen molar-refractivity contribution < 1.29 is 4.79 Å². The molecule has 0 bridgehead atoms. The van der Waals surface area contributed by atoms with Crippen LogP contribution in [0.1, 0.15) is 21.6 Å². The summed E-state index contributed by atoms with van der Waals surface area (Å²) in [6, 6.07) is 12.3. The molecule has 29 heavy (non-hydrogen) atoms. The first kappa shape index (κ1) is 18.9. The number of anilines is 2. The number of amides is 1. The minimum absolute atomic E-state index is 0.239. The van der Waals surface area contributed by atoms with Crippen molar-refractivity contribution in [2.45, 2.75) is 13.5 Å². The van der Waals surface area contributed by atoms with E-state index in [4.69, 9.17) is 0 Å². The van der Waals surface area contributed by atoms with Crippen molar-refractivity contribution in [3.8, 4) is 0 Å². The molecule has 148 valence electrons. The summed E-state index contributed by atoms with van der Waals surface area (Å²) < 4.78 is 0. The molecule has 7 nitrogen and oxygen atoms in total. The molecule has 0 spiro atoms. The molecule has 1 N–H and O–H groups in total. The zero-order chi connectivity index (χ0) is 20.1. The monoisotopic (exact) mass is 388 g/mol. The van der Waals surface area contributed by atoms with Crippen molar-refractivity contribution in [1.82, 2.24) is 20.3 Å². The van der Waals surface area contributed by atoms with Gasteiger partial charge in [0.2, 0.25) is 0 Å². The molecule has 1 amide bonds. The van der Waals surface area contributed by atoms with Crippen LogP contribution < -0.4 is 15.1 Å². The van der Waals surface area contributed by atoms with Gasteiger partial charge in [-0.15, -0.1) is 0 Å². The number of carbonyl (C=O) groups excluding carboxylic acids is 1. The van der Waals surface area contributed by atoms with Crippen molar-refractivity contribution >= 4 is 17.4 Å². The summed E-state index contributed by atoms with van der Waals surface area (Å²) >= 11 is 0. The number of aromatic nitrogens is 3. The molecule has 0 aliphatic carbocycles. The maximum absolute atomic E-state index is 12.3. The van der Waals surface area contributed by atoms with Crippen molar-refractivity contribution in [2.75, 3.05) is 36.0 Å². The van der Waals surface area contributed by atoms with Gasteiger partial charge in [-0.1, -0.05) is 18.2 Å². The molecular weight excluding hydrogens is 364 g/mol. The van der Waals surface area contributed by atoms with E-state index in [1.807, 2.05) is 12.1 Å². The van der Waals surface area contributed by atoms with Crippen LogP contribution in [0.15, 0.2) is 61.2 Å². The topological polar surface area (TPSA) is 74.2 Å². The van der Waals surface area contributed by atoms with Gasteiger partial charge in [-0.25, -0.2) is 9.97 Å². The second kappa shape index (κ2) is 8.68. The Bertz CT molecular complexity index is 953. The number of carbonyl (C=O) groups is 1. The largest absolute Gasteiger partial charge is 0.368 e. The van der Waals surface area contributed by atoms with Gasteiger partial charge in [-0.3, -0.25) is 9.78 Å². The van der Waals surface area contributed by atoms with Crippen LogP contribution >= 0.6 is 0 Å². The second-order valence-corrected chi connectivity index (χ2v) is 7.12. The summed E-state index contributed by atoms with van der Waals surface area (Å²) in [7, 11) is 0. The first-order valence-corrected chi connectivity index (χ1v) is 9.75. The van der Waals surface area contributed by atoms with Gasteiger partial charge in [0.25, 0.3) is 5.91 Å². The normalized spacial score (nSPS) is 14.0. The third-order valence-corrected chi connectivity index (χ3v) is 5.02. The molecule has 1 fully saturated rings. The Labute approximate surface area is 170 Å². The van der Waals surface area contributed by atoms with Crippen molar-refractivity contribution in [2.24, 2.45) is 0 Å². The molecule has 1 saturated heterocycles. The molecule has 0 unspecified atom stereocenters. The van der Waals surface area contributed by atoms with E-state index in [0.717, 1.165) is 37.6 Å². The summed E-state index contributed by atoms with van der Waals surface area (Å²) in [5, 5.41) is 2.84. The summed E-state index contributed by atoms with van der Waals surface area (Å²) in [6.07, 6.45) is 6.66. The Morgan fingerprint density at radius 3 is 2.52 bits per heavy atom. The Morgan fingerprint density at radius 2 is 1.83 bits per heavy atom. The third-order valence-electron chi connectivity index (χ3n) is 5.02. The highest BCUT2D eigenvalue weighted by Crippen LogP contribution is 2.20. The van der Waals surface area contributed by atoms with Crippen LogP contribution in [0.25, 0.3) is 0 Å². The molecule has 3 heterocycles. The average Bonchev–Trinajstić information content (AvgIpc) is 2.78. The van der Waals surface area contributed by atoms with Gasteiger partial charge >= 0.3 is 0 Å². The van der Waals surface area contributed by atoms with Crippen molar-refractivity contribution in [3.63, 3.8) is 0 Å². The number of hydrogen-bond donors (Lipinski definition) is 1. The van der Waals surface area contributed by atoms with E-state index >= 15 is 0 Å². The number of piperazine rings is 1. The van der Waals surface area contributed by atoms with Crippen LogP contribution in [0.3, 0.4) is 0 Å². The lowest BCUT2D eigenvalue weighted by molar-refractivity contribution is 0.0945. The predicted molar refractivity (Wildman–Crippen MR) is 113 cm³/mol. The molecule has 1 aliphatic rings. The fourth-order valence-corrected chi connectivity index (χ4v) is 3.40. The third kappa shape index (κ3) is 4.68. The van der Waals surface area contributed by atoms with E-state index in [0.29, 0.717) is 12.2 Å². The number of nitrogens with zero attached hydrogens (tertiary/aromatic N) is 5. The summed E-state index contributed by atoms with van der Waals surface area (Å²) in [5.74, 6) is 0.565. The smallest absolute Gasteiger partial charge is 0.271 e. The maximum atomic E-state index is 12.3. The van der Waals surface area contributed by atoms with Crippen LogP contribution in [0.5, 0.6) is 0 Å². The highest BCUT2D eigenvalue weighted by atomic mass is 16.1. The van der Waals surface area contributed by atoms with Crippen molar-refractivity contribution in [1.29, 1.82) is 0 Å². The lowest BCUT2D eigenvalue weighted by atomic mass is 10.2. The Kier molecular flexibility index (Phi) is 5.65. The van der Waals surface area contributed by atoms with Gasteiger partial charge in [0, 0.05) is 50.8 Å². The minimum atomic E-state index is -0.239. The highest BCUT2D eigenvalue weighted by Gasteiger charge is 2.19. The molecular formula is C22H24N6O. The van der Waals surface area contributed by atoms with Gasteiger partial charge in [0.15, 0.2) is 0 Å². The number of pyridine rings is 1. The molecule has 2 aromatic heterocycles. The molecule has 1 aliphatic heterocycles. The first-order chi connectivity index (χ1) is 14.2. The Hall–Kier alpha value is -3.48. The highest BCUT2D eigenvalue weighted by molar-refractivity contribution is 5.91. The number of benzene rings is 1.